The summed E-state index contributed by atoms with van der Waals surface area (Å²) >= 11 is 0. The zero-order valence-corrected chi connectivity index (χ0v) is 13.9. The van der Waals surface area contributed by atoms with E-state index in [1.165, 1.54) is 24.1 Å². The second-order valence-electron chi connectivity index (χ2n) is 6.20. The van der Waals surface area contributed by atoms with E-state index in [1.807, 2.05) is 12.1 Å². The molecule has 2 heterocycles. The fraction of sp³-hybridized carbons (Fsp3) is 0.316. The van der Waals surface area contributed by atoms with Gasteiger partial charge in [-0.3, -0.25) is 4.79 Å². The second-order valence-corrected chi connectivity index (χ2v) is 6.20. The highest BCUT2D eigenvalue weighted by atomic mass is 16.5. The number of hydrogen-bond donors (Lipinski definition) is 2. The van der Waals surface area contributed by atoms with E-state index >= 15 is 0 Å². The van der Waals surface area contributed by atoms with Gasteiger partial charge in [-0.05, 0) is 43.4 Å². The Balaban J connectivity index is 1.80. The lowest BCUT2D eigenvalue weighted by molar-refractivity contribution is -0.110. The number of carbonyl (C=O) groups is 1. The Morgan fingerprint density at radius 2 is 1.92 bits per heavy atom. The van der Waals surface area contributed by atoms with E-state index in [0.29, 0.717) is 17.1 Å². The third kappa shape index (κ3) is 2.37. The highest BCUT2D eigenvalue weighted by Crippen LogP contribution is 2.42. The minimum absolute atomic E-state index is 0.121. The van der Waals surface area contributed by atoms with Crippen LogP contribution in [0.5, 0.6) is 11.5 Å². The minimum Gasteiger partial charge on any atom is -0.497 e. The monoisotopic (exact) mass is 324 g/mol. The lowest BCUT2D eigenvalue weighted by atomic mass is 9.98. The number of benzene rings is 1. The van der Waals surface area contributed by atoms with Crippen LogP contribution in [0.1, 0.15) is 35.4 Å². The lowest BCUT2D eigenvalue weighted by Crippen LogP contribution is -2.03. The Kier molecular flexibility index (Phi) is 3.56. The molecule has 24 heavy (non-hydrogen) atoms. The van der Waals surface area contributed by atoms with Gasteiger partial charge >= 0.3 is 0 Å². The van der Waals surface area contributed by atoms with Gasteiger partial charge in [-0.2, -0.15) is 0 Å². The first kappa shape index (κ1) is 14.9. The number of methoxy groups -OCH3 is 2. The molecule has 2 aliphatic rings. The van der Waals surface area contributed by atoms with Gasteiger partial charge in [-0.1, -0.05) is 0 Å². The van der Waals surface area contributed by atoms with E-state index in [1.54, 1.807) is 20.3 Å². The maximum absolute atomic E-state index is 12.5. The van der Waals surface area contributed by atoms with E-state index < -0.39 is 0 Å². The number of aryl methyl sites for hydroxylation is 2. The van der Waals surface area contributed by atoms with Gasteiger partial charge in [-0.15, -0.1) is 0 Å². The van der Waals surface area contributed by atoms with Crippen LogP contribution in [0.25, 0.3) is 11.6 Å². The molecule has 0 unspecified atom stereocenters. The Labute approximate surface area is 140 Å². The van der Waals surface area contributed by atoms with Crippen molar-refractivity contribution in [3.8, 4) is 11.5 Å². The number of amides is 1. The maximum atomic E-state index is 12.5. The number of rotatable bonds is 3. The molecule has 0 radical (unpaired) electrons. The summed E-state index contributed by atoms with van der Waals surface area (Å²) in [6, 6.07) is 5.77. The molecule has 124 valence electrons. The quantitative estimate of drug-likeness (QED) is 0.851. The van der Waals surface area contributed by atoms with Crippen LogP contribution in [-0.2, 0) is 17.6 Å². The van der Waals surface area contributed by atoms with Crippen molar-refractivity contribution in [2.45, 2.75) is 25.7 Å². The molecule has 0 spiro atoms. The van der Waals surface area contributed by atoms with Crippen molar-refractivity contribution in [2.24, 2.45) is 0 Å². The van der Waals surface area contributed by atoms with E-state index in [9.17, 15) is 4.79 Å². The van der Waals surface area contributed by atoms with Crippen molar-refractivity contribution in [2.75, 3.05) is 19.5 Å². The molecule has 1 aromatic carbocycles. The predicted molar refractivity (Wildman–Crippen MR) is 93.5 cm³/mol. The molecule has 5 heteroatoms. The van der Waals surface area contributed by atoms with Gasteiger partial charge in [-0.25, -0.2) is 0 Å². The Morgan fingerprint density at radius 3 is 2.67 bits per heavy atom. The molecule has 0 fully saturated rings. The smallest absolute Gasteiger partial charge is 0.256 e. The molecule has 0 saturated heterocycles. The maximum Gasteiger partial charge on any atom is 0.256 e. The third-order valence-electron chi connectivity index (χ3n) is 4.73. The van der Waals surface area contributed by atoms with Gasteiger partial charge in [0, 0.05) is 23.5 Å². The van der Waals surface area contributed by atoms with Crippen molar-refractivity contribution in [3.05, 3.63) is 40.7 Å². The zero-order chi connectivity index (χ0) is 16.7. The van der Waals surface area contributed by atoms with Crippen LogP contribution >= 0.6 is 0 Å². The van der Waals surface area contributed by atoms with E-state index in [0.717, 1.165) is 29.8 Å². The summed E-state index contributed by atoms with van der Waals surface area (Å²) in [5.41, 5.74) is 5.76. The molecule has 0 saturated carbocycles. The highest BCUT2D eigenvalue weighted by Gasteiger charge is 2.29. The van der Waals surface area contributed by atoms with Crippen LogP contribution < -0.4 is 14.8 Å². The summed E-state index contributed by atoms with van der Waals surface area (Å²) in [7, 11) is 3.20. The number of H-pyrrole nitrogens is 1. The Morgan fingerprint density at radius 1 is 1.08 bits per heavy atom. The number of nitrogens with one attached hydrogen (secondary N) is 2. The van der Waals surface area contributed by atoms with Crippen LogP contribution in [0.4, 0.5) is 5.69 Å². The molecule has 1 amide bonds. The summed E-state index contributed by atoms with van der Waals surface area (Å²) in [5.74, 6) is 1.16. The standard InChI is InChI=1S/C19H20N2O3/c1-23-13-9-16-18(17(10-13)24-2)14(19(22)21-16)8-12-7-11-5-3-4-6-15(11)20-12/h7-10,20H,3-6H2,1-2H3,(H,21,22). The summed E-state index contributed by atoms with van der Waals surface area (Å²) in [6.07, 6.45) is 6.56. The largest absolute Gasteiger partial charge is 0.497 e. The summed E-state index contributed by atoms with van der Waals surface area (Å²) in [5, 5.41) is 2.90. The van der Waals surface area contributed by atoms with Gasteiger partial charge in [0.25, 0.3) is 5.91 Å². The fourth-order valence-corrected chi connectivity index (χ4v) is 3.55. The molecule has 0 atom stereocenters. The highest BCUT2D eigenvalue weighted by molar-refractivity contribution is 6.35. The molecule has 0 bridgehead atoms. The summed E-state index contributed by atoms with van der Waals surface area (Å²) < 4.78 is 10.7. The van der Waals surface area contributed by atoms with Crippen molar-refractivity contribution < 1.29 is 14.3 Å². The molecular weight excluding hydrogens is 304 g/mol. The average Bonchev–Trinajstić information content (AvgIpc) is 3.14. The van der Waals surface area contributed by atoms with Crippen molar-refractivity contribution >= 4 is 23.2 Å². The summed E-state index contributed by atoms with van der Waals surface area (Å²) in [6.45, 7) is 0. The van der Waals surface area contributed by atoms with E-state index in [-0.39, 0.29) is 5.91 Å². The first-order valence-electron chi connectivity index (χ1n) is 8.20. The van der Waals surface area contributed by atoms with Gasteiger partial charge < -0.3 is 19.8 Å². The van der Waals surface area contributed by atoms with Gasteiger partial charge in [0.15, 0.2) is 0 Å². The van der Waals surface area contributed by atoms with Crippen molar-refractivity contribution in [1.82, 2.24) is 4.98 Å². The molecule has 4 rings (SSSR count). The fourth-order valence-electron chi connectivity index (χ4n) is 3.55. The SMILES string of the molecule is COc1cc2c(c(OC)c1)C(=Cc1cc3c([nH]1)CCCC3)C(=O)N2. The molecule has 1 aromatic heterocycles. The topological polar surface area (TPSA) is 63.4 Å². The van der Waals surface area contributed by atoms with Crippen LogP contribution in [0.3, 0.4) is 0 Å². The van der Waals surface area contributed by atoms with Crippen LogP contribution in [0.2, 0.25) is 0 Å². The number of aromatic nitrogens is 1. The molecule has 1 aliphatic heterocycles. The average molecular weight is 324 g/mol. The number of hydrogen-bond acceptors (Lipinski definition) is 3. The first-order chi connectivity index (χ1) is 11.7. The number of fused-ring (bicyclic) bond motifs is 2. The van der Waals surface area contributed by atoms with Crippen LogP contribution in [0.15, 0.2) is 18.2 Å². The third-order valence-corrected chi connectivity index (χ3v) is 4.73. The normalized spacial score (nSPS) is 17.4. The van der Waals surface area contributed by atoms with Gasteiger partial charge in [0.1, 0.15) is 11.5 Å². The lowest BCUT2D eigenvalue weighted by Gasteiger charge is -2.09. The molecule has 1 aliphatic carbocycles. The van der Waals surface area contributed by atoms with E-state index in [2.05, 4.69) is 16.4 Å². The van der Waals surface area contributed by atoms with Gasteiger partial charge in [0.2, 0.25) is 0 Å². The number of carbonyl (C=O) groups excluding carboxylic acids is 1. The minimum atomic E-state index is -0.121. The molecule has 2 aromatic rings. The summed E-state index contributed by atoms with van der Waals surface area (Å²) in [4.78, 5) is 15.9. The first-order valence-corrected chi connectivity index (χ1v) is 8.20. The van der Waals surface area contributed by atoms with Crippen LogP contribution in [-0.4, -0.2) is 25.1 Å². The second kappa shape index (κ2) is 5.74. The van der Waals surface area contributed by atoms with Crippen molar-refractivity contribution in [1.29, 1.82) is 0 Å². The Bertz CT molecular complexity index is 825. The molecular formula is C19H20N2O3. The molecule has 5 nitrogen and oxygen atoms in total. The van der Waals surface area contributed by atoms with Crippen molar-refractivity contribution in [3.63, 3.8) is 0 Å². The Hall–Kier alpha value is -2.69. The zero-order valence-electron chi connectivity index (χ0n) is 13.9. The van der Waals surface area contributed by atoms with E-state index in [4.69, 9.17) is 9.47 Å². The number of ether oxygens (including phenoxy) is 2. The molecule has 2 N–H and O–H groups in total. The van der Waals surface area contributed by atoms with Gasteiger partial charge in [0.05, 0.1) is 31.0 Å². The number of anilines is 1. The predicted octanol–water partition coefficient (Wildman–Crippen LogP) is 3.40. The number of aromatic amines is 1. The van der Waals surface area contributed by atoms with Crippen LogP contribution in [0, 0.1) is 0 Å².